The monoisotopic (exact) mass is 304 g/mol. The van der Waals surface area contributed by atoms with Crippen LogP contribution in [0.25, 0.3) is 0 Å². The van der Waals surface area contributed by atoms with Crippen LogP contribution in [0.3, 0.4) is 0 Å². The first-order valence-corrected chi connectivity index (χ1v) is 6.68. The van der Waals surface area contributed by atoms with Crippen molar-refractivity contribution < 1.29 is 9.72 Å². The zero-order chi connectivity index (χ0) is 14.4. The molecule has 7 heteroatoms. The molecule has 0 saturated carbocycles. The summed E-state index contributed by atoms with van der Waals surface area (Å²) >= 11 is 11.4. The normalized spacial score (nSPS) is 11.9. The molecule has 1 N–H and O–H groups in total. The molecule has 0 spiro atoms. The molecule has 0 aromatic heterocycles. The van der Waals surface area contributed by atoms with Gasteiger partial charge in [-0.3, -0.25) is 14.9 Å². The van der Waals surface area contributed by atoms with E-state index in [0.717, 1.165) is 6.42 Å². The van der Waals surface area contributed by atoms with Gasteiger partial charge >= 0.3 is 0 Å². The number of nitrogens with zero attached hydrogens (tertiary/aromatic N) is 1. The molecule has 0 radical (unpaired) electrons. The summed E-state index contributed by atoms with van der Waals surface area (Å²) in [6, 6.07) is 4.02. The van der Waals surface area contributed by atoms with E-state index in [-0.39, 0.29) is 22.3 Å². The lowest BCUT2D eigenvalue weighted by atomic mass is 10.1. The van der Waals surface area contributed by atoms with E-state index in [1.54, 1.807) is 0 Å². The van der Waals surface area contributed by atoms with E-state index in [2.05, 4.69) is 5.32 Å². The van der Waals surface area contributed by atoms with E-state index in [4.69, 9.17) is 23.2 Å². The summed E-state index contributed by atoms with van der Waals surface area (Å²) in [5.41, 5.74) is -0.401. The van der Waals surface area contributed by atoms with Crippen LogP contribution in [0, 0.1) is 10.1 Å². The molecule has 104 valence electrons. The zero-order valence-corrected chi connectivity index (χ0v) is 11.9. The van der Waals surface area contributed by atoms with Gasteiger partial charge in [0.2, 0.25) is 0 Å². The van der Waals surface area contributed by atoms with E-state index in [9.17, 15) is 14.9 Å². The van der Waals surface area contributed by atoms with Crippen molar-refractivity contribution in [2.45, 2.75) is 25.8 Å². The fourth-order valence-corrected chi connectivity index (χ4v) is 2.05. The Morgan fingerprint density at radius 3 is 2.79 bits per heavy atom. The number of rotatable bonds is 6. The van der Waals surface area contributed by atoms with E-state index in [1.807, 2.05) is 6.92 Å². The SMILES string of the molecule is CC(CCCCl)NC(=O)c1c(Cl)cccc1[N+](=O)[O-]. The molecule has 5 nitrogen and oxygen atoms in total. The van der Waals surface area contributed by atoms with Crippen molar-refractivity contribution >= 4 is 34.8 Å². The van der Waals surface area contributed by atoms with Gasteiger partial charge in [-0.05, 0) is 25.8 Å². The molecule has 0 heterocycles. The molecule has 1 aromatic rings. The van der Waals surface area contributed by atoms with Crippen molar-refractivity contribution in [3.05, 3.63) is 38.9 Å². The molecule has 0 fully saturated rings. The summed E-state index contributed by atoms with van der Waals surface area (Å²) in [7, 11) is 0. The average Bonchev–Trinajstić information content (AvgIpc) is 2.35. The molecule has 0 aliphatic carbocycles. The number of nitro benzene ring substituents is 1. The van der Waals surface area contributed by atoms with Gasteiger partial charge < -0.3 is 5.32 Å². The predicted octanol–water partition coefficient (Wildman–Crippen LogP) is 3.39. The third-order valence-corrected chi connectivity index (χ3v) is 3.15. The largest absolute Gasteiger partial charge is 0.349 e. The first kappa shape index (κ1) is 15.7. The number of carbonyl (C=O) groups is 1. The van der Waals surface area contributed by atoms with Gasteiger partial charge in [-0.25, -0.2) is 0 Å². The number of hydrogen-bond donors (Lipinski definition) is 1. The second-order valence-electron chi connectivity index (χ2n) is 4.10. The maximum absolute atomic E-state index is 12.0. The van der Waals surface area contributed by atoms with Crippen molar-refractivity contribution in [1.29, 1.82) is 0 Å². The van der Waals surface area contributed by atoms with Gasteiger partial charge in [-0.2, -0.15) is 0 Å². The van der Waals surface area contributed by atoms with Crippen LogP contribution in [0.2, 0.25) is 5.02 Å². The molecular formula is C12H14Cl2N2O3. The van der Waals surface area contributed by atoms with Gasteiger partial charge in [0.1, 0.15) is 5.56 Å². The molecular weight excluding hydrogens is 291 g/mol. The number of halogens is 2. The van der Waals surface area contributed by atoms with E-state index in [1.165, 1.54) is 18.2 Å². The molecule has 0 aliphatic rings. The molecule has 1 unspecified atom stereocenters. The lowest BCUT2D eigenvalue weighted by Gasteiger charge is -2.13. The molecule has 0 aliphatic heterocycles. The highest BCUT2D eigenvalue weighted by Gasteiger charge is 2.23. The molecule has 1 amide bonds. The quantitative estimate of drug-likeness (QED) is 0.497. The number of nitro groups is 1. The maximum Gasteiger partial charge on any atom is 0.283 e. The highest BCUT2D eigenvalue weighted by atomic mass is 35.5. The standard InChI is InChI=1S/C12H14Cl2N2O3/c1-8(4-3-7-13)15-12(17)11-9(14)5-2-6-10(11)16(18)19/h2,5-6,8H,3-4,7H2,1H3,(H,15,17). The lowest BCUT2D eigenvalue weighted by Crippen LogP contribution is -2.33. The minimum absolute atomic E-state index is 0.0660. The molecule has 0 bridgehead atoms. The summed E-state index contributed by atoms with van der Waals surface area (Å²) < 4.78 is 0. The van der Waals surface area contributed by atoms with Gasteiger partial charge in [0.15, 0.2) is 0 Å². The Morgan fingerprint density at radius 1 is 1.53 bits per heavy atom. The Hall–Kier alpha value is -1.33. The minimum Gasteiger partial charge on any atom is -0.349 e. The van der Waals surface area contributed by atoms with Crippen LogP contribution in [0.5, 0.6) is 0 Å². The first-order valence-electron chi connectivity index (χ1n) is 5.77. The number of hydrogen-bond acceptors (Lipinski definition) is 3. The second kappa shape index (κ2) is 7.31. The van der Waals surface area contributed by atoms with Crippen LogP contribution < -0.4 is 5.32 Å². The van der Waals surface area contributed by atoms with E-state index >= 15 is 0 Å². The smallest absolute Gasteiger partial charge is 0.283 e. The van der Waals surface area contributed by atoms with Gasteiger partial charge in [-0.15, -0.1) is 11.6 Å². The Balaban J connectivity index is 2.90. The number of alkyl halides is 1. The van der Waals surface area contributed by atoms with Crippen LogP contribution in [0.4, 0.5) is 5.69 Å². The number of nitrogens with one attached hydrogen (secondary N) is 1. The molecule has 1 aromatic carbocycles. The van der Waals surface area contributed by atoms with E-state index < -0.39 is 10.8 Å². The second-order valence-corrected chi connectivity index (χ2v) is 4.88. The fourth-order valence-electron chi connectivity index (χ4n) is 1.64. The Kier molecular flexibility index (Phi) is 6.05. The summed E-state index contributed by atoms with van der Waals surface area (Å²) in [5.74, 6) is -0.0358. The van der Waals surface area contributed by atoms with Gasteiger partial charge in [0.05, 0.1) is 9.95 Å². The lowest BCUT2D eigenvalue weighted by molar-refractivity contribution is -0.385. The van der Waals surface area contributed by atoms with Gasteiger partial charge in [0, 0.05) is 18.0 Å². The first-order chi connectivity index (χ1) is 8.97. The Bertz CT molecular complexity index is 480. The van der Waals surface area contributed by atoms with Crippen molar-refractivity contribution in [2.75, 3.05) is 5.88 Å². The Morgan fingerprint density at radius 2 is 2.21 bits per heavy atom. The highest BCUT2D eigenvalue weighted by Crippen LogP contribution is 2.26. The number of carbonyl (C=O) groups excluding carboxylic acids is 1. The Labute approximate surface area is 121 Å². The van der Waals surface area contributed by atoms with Crippen molar-refractivity contribution in [2.24, 2.45) is 0 Å². The maximum atomic E-state index is 12.0. The fraction of sp³-hybridized carbons (Fsp3) is 0.417. The average molecular weight is 305 g/mol. The topological polar surface area (TPSA) is 72.2 Å². The predicted molar refractivity (Wildman–Crippen MR) is 75.0 cm³/mol. The highest BCUT2D eigenvalue weighted by molar-refractivity contribution is 6.34. The van der Waals surface area contributed by atoms with Crippen LogP contribution in [-0.2, 0) is 0 Å². The van der Waals surface area contributed by atoms with Crippen molar-refractivity contribution in [1.82, 2.24) is 5.32 Å². The van der Waals surface area contributed by atoms with Gasteiger partial charge in [0.25, 0.3) is 11.6 Å². The molecule has 1 atom stereocenters. The van der Waals surface area contributed by atoms with Crippen LogP contribution >= 0.6 is 23.2 Å². The van der Waals surface area contributed by atoms with Crippen molar-refractivity contribution in [3.63, 3.8) is 0 Å². The molecule has 1 rings (SSSR count). The van der Waals surface area contributed by atoms with Gasteiger partial charge in [-0.1, -0.05) is 17.7 Å². The summed E-state index contributed by atoms with van der Waals surface area (Å²) in [4.78, 5) is 22.3. The third-order valence-electron chi connectivity index (χ3n) is 2.56. The summed E-state index contributed by atoms with van der Waals surface area (Å²) in [5, 5.41) is 13.6. The summed E-state index contributed by atoms with van der Waals surface area (Å²) in [6.07, 6.45) is 1.46. The molecule has 19 heavy (non-hydrogen) atoms. The summed E-state index contributed by atoms with van der Waals surface area (Å²) in [6.45, 7) is 1.81. The van der Waals surface area contributed by atoms with Crippen LogP contribution in [0.15, 0.2) is 18.2 Å². The molecule has 0 saturated heterocycles. The number of amides is 1. The van der Waals surface area contributed by atoms with Crippen molar-refractivity contribution in [3.8, 4) is 0 Å². The number of benzene rings is 1. The minimum atomic E-state index is -0.621. The van der Waals surface area contributed by atoms with E-state index in [0.29, 0.717) is 12.3 Å². The third kappa shape index (κ3) is 4.36. The van der Waals surface area contributed by atoms with Crippen LogP contribution in [-0.4, -0.2) is 22.8 Å². The van der Waals surface area contributed by atoms with Crippen LogP contribution in [0.1, 0.15) is 30.1 Å². The zero-order valence-electron chi connectivity index (χ0n) is 10.4.